The molecule has 0 aliphatic carbocycles. The summed E-state index contributed by atoms with van der Waals surface area (Å²) >= 11 is 12.1. The molecule has 0 spiro atoms. The Morgan fingerprint density at radius 2 is 1.83 bits per heavy atom. The lowest BCUT2D eigenvalue weighted by atomic mass is 9.82. The predicted molar refractivity (Wildman–Crippen MR) is 122 cm³/mol. The molecule has 0 aromatic heterocycles. The van der Waals surface area contributed by atoms with E-state index < -0.39 is 7.12 Å². The number of ether oxygens (including phenoxy) is 1. The van der Waals surface area contributed by atoms with Gasteiger partial charge in [-0.3, -0.25) is 9.69 Å². The molecule has 0 amide bonds. The molecule has 2 unspecified atom stereocenters. The molecule has 1 aromatic rings. The Kier molecular flexibility index (Phi) is 10.7. The molecule has 2 rings (SSSR count). The summed E-state index contributed by atoms with van der Waals surface area (Å²) in [6, 6.07) is 5.67. The van der Waals surface area contributed by atoms with Crippen LogP contribution in [0.1, 0.15) is 32.1 Å². The van der Waals surface area contributed by atoms with Crippen LogP contribution in [0.5, 0.6) is 0 Å². The second kappa shape index (κ2) is 12.7. The van der Waals surface area contributed by atoms with Crippen LogP contribution < -0.4 is 10.6 Å². The van der Waals surface area contributed by atoms with E-state index >= 15 is 0 Å². The molecule has 1 heterocycles. The van der Waals surface area contributed by atoms with Crippen molar-refractivity contribution in [3.05, 3.63) is 28.2 Å². The monoisotopic (exact) mass is 459 g/mol. The van der Waals surface area contributed by atoms with Gasteiger partial charge in [-0.15, -0.1) is 0 Å². The first kappa shape index (κ1) is 25.2. The summed E-state index contributed by atoms with van der Waals surface area (Å²) in [5.74, 6) is -0.439. The normalized spacial score (nSPS) is 16.9. The van der Waals surface area contributed by atoms with Crippen LogP contribution in [-0.4, -0.2) is 67.5 Å². The summed E-state index contributed by atoms with van der Waals surface area (Å²) in [6.45, 7) is 3.35. The molecule has 4 N–H and O–H groups in total. The zero-order chi connectivity index (χ0) is 22.1. The summed E-state index contributed by atoms with van der Waals surface area (Å²) in [6.07, 6.45) is 3.63. The minimum Gasteiger partial charge on any atom is -0.469 e. The van der Waals surface area contributed by atoms with Crippen LogP contribution in [0.4, 0.5) is 5.69 Å². The number of halogens is 2. The maximum absolute atomic E-state index is 12.1. The molecular formula is C20H32BCl2N3O4. The largest absolute Gasteiger partial charge is 0.469 e. The van der Waals surface area contributed by atoms with E-state index in [9.17, 15) is 4.79 Å². The molecule has 0 saturated carbocycles. The van der Waals surface area contributed by atoms with E-state index in [1.807, 2.05) is 18.2 Å². The van der Waals surface area contributed by atoms with Crippen LogP contribution in [0.3, 0.4) is 0 Å². The van der Waals surface area contributed by atoms with Gasteiger partial charge in [0.1, 0.15) is 0 Å². The van der Waals surface area contributed by atoms with Gasteiger partial charge in [0.2, 0.25) is 0 Å². The van der Waals surface area contributed by atoms with Crippen molar-refractivity contribution in [1.82, 2.24) is 4.90 Å². The van der Waals surface area contributed by atoms with Crippen LogP contribution in [0.15, 0.2) is 18.2 Å². The summed E-state index contributed by atoms with van der Waals surface area (Å²) in [4.78, 5) is 16.6. The summed E-state index contributed by atoms with van der Waals surface area (Å²) in [5.41, 5.74) is 7.46. The number of carbonyl (C=O) groups excluding carboxylic acids is 1. The maximum Gasteiger partial charge on any atom is 0.451 e. The van der Waals surface area contributed by atoms with Gasteiger partial charge in [-0.1, -0.05) is 36.0 Å². The zero-order valence-corrected chi connectivity index (χ0v) is 19.0. The molecule has 1 aromatic carbocycles. The van der Waals surface area contributed by atoms with E-state index in [1.54, 1.807) is 0 Å². The maximum atomic E-state index is 12.1. The topological polar surface area (TPSA) is 99.3 Å². The number of hydrogen-bond acceptors (Lipinski definition) is 7. The number of nitrogens with zero attached hydrogens (tertiary/aromatic N) is 2. The van der Waals surface area contributed by atoms with E-state index in [0.717, 1.165) is 38.3 Å². The van der Waals surface area contributed by atoms with Crippen LogP contribution in [0.2, 0.25) is 16.4 Å². The van der Waals surface area contributed by atoms with E-state index in [4.69, 9.17) is 43.7 Å². The number of carbonyl (C=O) groups is 1. The molecule has 1 fully saturated rings. The van der Waals surface area contributed by atoms with Gasteiger partial charge in [0.15, 0.2) is 0 Å². The Balaban J connectivity index is 1.78. The van der Waals surface area contributed by atoms with Crippen LogP contribution >= 0.6 is 23.2 Å². The van der Waals surface area contributed by atoms with Gasteiger partial charge in [-0.25, -0.2) is 0 Å². The molecule has 168 valence electrons. The molecule has 0 bridgehead atoms. The number of anilines is 1. The first-order chi connectivity index (χ1) is 14.3. The fourth-order valence-electron chi connectivity index (χ4n) is 3.81. The number of esters is 1. The molecule has 1 saturated heterocycles. The molecule has 30 heavy (non-hydrogen) atoms. The highest BCUT2D eigenvalue weighted by Crippen LogP contribution is 2.28. The minimum absolute atomic E-state index is 0.118. The smallest absolute Gasteiger partial charge is 0.451 e. The molecule has 10 heteroatoms. The summed E-state index contributed by atoms with van der Waals surface area (Å²) < 4.78 is 4.93. The molecule has 2 atom stereocenters. The number of rotatable bonds is 11. The third-order valence-electron chi connectivity index (χ3n) is 5.66. The van der Waals surface area contributed by atoms with E-state index in [2.05, 4.69) is 9.80 Å². The van der Waals surface area contributed by atoms with Crippen molar-refractivity contribution in [2.45, 2.75) is 44.6 Å². The number of hydrogen-bond donors (Lipinski definition) is 3. The Morgan fingerprint density at radius 3 is 2.43 bits per heavy atom. The van der Waals surface area contributed by atoms with Crippen LogP contribution in [0, 0.1) is 5.92 Å². The van der Waals surface area contributed by atoms with Gasteiger partial charge in [-0.2, -0.15) is 0 Å². The van der Waals surface area contributed by atoms with E-state index in [0.29, 0.717) is 42.0 Å². The second-order valence-corrected chi connectivity index (χ2v) is 8.57. The first-order valence-electron chi connectivity index (χ1n) is 10.5. The highest BCUT2D eigenvalue weighted by Gasteiger charge is 2.25. The highest BCUT2D eigenvalue weighted by molar-refractivity contribution is 6.42. The van der Waals surface area contributed by atoms with Gasteiger partial charge in [0.05, 0.1) is 29.2 Å². The van der Waals surface area contributed by atoms with Crippen molar-refractivity contribution in [3.8, 4) is 0 Å². The second-order valence-electron chi connectivity index (χ2n) is 7.75. The standard InChI is InChI=1S/C20H32BCl2N3O4/c1-30-20(27)15(4-2-3-9-21(28)29)5-8-19(24)26-12-10-25(11-13-26)16-6-7-17(22)18(23)14-16/h6-7,14-15,19,28-29H,2-5,8-13,24H2,1H3. The number of unbranched alkanes of at least 4 members (excludes halogenated alkanes) is 1. The average molecular weight is 460 g/mol. The van der Waals surface area contributed by atoms with Gasteiger partial charge in [-0.05, 0) is 43.8 Å². The Labute approximate surface area is 189 Å². The SMILES string of the molecule is COC(=O)C(CCCCB(O)O)CCC(N)N1CCN(c2ccc(Cl)c(Cl)c2)CC1. The number of nitrogens with two attached hydrogens (primary N) is 1. The van der Waals surface area contributed by atoms with Crippen molar-refractivity contribution in [1.29, 1.82) is 0 Å². The fourth-order valence-corrected chi connectivity index (χ4v) is 4.10. The van der Waals surface area contributed by atoms with Crippen molar-refractivity contribution in [2.24, 2.45) is 11.7 Å². The van der Waals surface area contributed by atoms with Crippen molar-refractivity contribution in [3.63, 3.8) is 0 Å². The lowest BCUT2D eigenvalue weighted by Crippen LogP contribution is -2.53. The lowest BCUT2D eigenvalue weighted by molar-refractivity contribution is -0.146. The molecular weight excluding hydrogens is 428 g/mol. The van der Waals surface area contributed by atoms with Crippen molar-refractivity contribution in [2.75, 3.05) is 38.2 Å². The van der Waals surface area contributed by atoms with E-state index in [1.165, 1.54) is 7.11 Å². The Hall–Kier alpha value is -1.03. The first-order valence-corrected chi connectivity index (χ1v) is 11.2. The predicted octanol–water partition coefficient (Wildman–Crippen LogP) is 2.61. The number of benzene rings is 1. The molecule has 1 aliphatic rings. The van der Waals surface area contributed by atoms with Gasteiger partial charge < -0.3 is 25.4 Å². The average Bonchev–Trinajstić information content (AvgIpc) is 2.74. The van der Waals surface area contributed by atoms with Crippen molar-refractivity contribution >= 4 is 42.0 Å². The Bertz CT molecular complexity index is 675. The summed E-state index contributed by atoms with van der Waals surface area (Å²) in [5, 5.41) is 19.0. The summed E-state index contributed by atoms with van der Waals surface area (Å²) in [7, 11) is 0.104. The zero-order valence-electron chi connectivity index (χ0n) is 17.5. The van der Waals surface area contributed by atoms with Crippen LogP contribution in [0.25, 0.3) is 0 Å². The van der Waals surface area contributed by atoms with Gasteiger partial charge in [0, 0.05) is 31.9 Å². The van der Waals surface area contributed by atoms with Gasteiger partial charge in [0.25, 0.3) is 0 Å². The van der Waals surface area contributed by atoms with Gasteiger partial charge >= 0.3 is 13.1 Å². The number of methoxy groups -OCH3 is 1. The fraction of sp³-hybridized carbons (Fsp3) is 0.650. The highest BCUT2D eigenvalue weighted by atomic mass is 35.5. The molecule has 0 radical (unpaired) electrons. The Morgan fingerprint density at radius 1 is 1.13 bits per heavy atom. The molecule has 1 aliphatic heterocycles. The van der Waals surface area contributed by atoms with Crippen LogP contribution in [-0.2, 0) is 9.53 Å². The number of piperazine rings is 1. The quantitative estimate of drug-likeness (QED) is 0.265. The van der Waals surface area contributed by atoms with E-state index in [-0.39, 0.29) is 18.1 Å². The van der Waals surface area contributed by atoms with Crippen molar-refractivity contribution < 1.29 is 19.6 Å². The third-order valence-corrected chi connectivity index (χ3v) is 6.40. The lowest BCUT2D eigenvalue weighted by Gasteiger charge is -2.39. The molecule has 7 nitrogen and oxygen atoms in total. The minimum atomic E-state index is -1.29. The third kappa shape index (κ3) is 7.91.